The maximum atomic E-state index is 10.9. The van der Waals surface area contributed by atoms with E-state index in [9.17, 15) is 8.42 Å². The molecule has 102 valence electrons. The zero-order valence-electron chi connectivity index (χ0n) is 11.3. The molecular formula is C13H22N2O2S. The van der Waals surface area contributed by atoms with Gasteiger partial charge in [-0.3, -0.25) is 0 Å². The van der Waals surface area contributed by atoms with Crippen molar-refractivity contribution in [2.24, 2.45) is 0 Å². The van der Waals surface area contributed by atoms with Crippen LogP contribution in [0.25, 0.3) is 0 Å². The lowest BCUT2D eigenvalue weighted by Crippen LogP contribution is -2.31. The van der Waals surface area contributed by atoms with Crippen LogP contribution in [0.4, 0.5) is 5.69 Å². The van der Waals surface area contributed by atoms with E-state index in [2.05, 4.69) is 35.3 Å². The van der Waals surface area contributed by atoms with Crippen molar-refractivity contribution in [2.45, 2.75) is 6.92 Å². The Bertz CT molecular complexity index is 472. The predicted octanol–water partition coefficient (Wildman–Crippen LogP) is 1.07. The number of aryl methyl sites for hydroxylation is 1. The van der Waals surface area contributed by atoms with Crippen LogP contribution in [-0.2, 0) is 9.84 Å². The molecule has 5 heteroatoms. The molecule has 1 N–H and O–H groups in total. The van der Waals surface area contributed by atoms with Crippen molar-refractivity contribution in [1.82, 2.24) is 5.32 Å². The van der Waals surface area contributed by atoms with E-state index in [0.717, 1.165) is 13.1 Å². The van der Waals surface area contributed by atoms with E-state index >= 15 is 0 Å². The number of nitrogens with zero attached hydrogens (tertiary/aromatic N) is 1. The minimum atomic E-state index is -2.86. The van der Waals surface area contributed by atoms with Gasteiger partial charge in [0.1, 0.15) is 9.84 Å². The van der Waals surface area contributed by atoms with Crippen LogP contribution in [0.3, 0.4) is 0 Å². The molecule has 0 aromatic heterocycles. The van der Waals surface area contributed by atoms with E-state index in [1.165, 1.54) is 17.5 Å². The molecule has 0 spiro atoms. The molecule has 0 heterocycles. The van der Waals surface area contributed by atoms with Gasteiger partial charge in [-0.1, -0.05) is 12.1 Å². The second kappa shape index (κ2) is 6.75. The van der Waals surface area contributed by atoms with Crippen molar-refractivity contribution in [3.05, 3.63) is 29.8 Å². The van der Waals surface area contributed by atoms with Gasteiger partial charge in [-0.05, 0) is 24.6 Å². The number of rotatable bonds is 7. The molecule has 4 nitrogen and oxygen atoms in total. The molecule has 18 heavy (non-hydrogen) atoms. The Morgan fingerprint density at radius 3 is 2.61 bits per heavy atom. The smallest absolute Gasteiger partial charge is 0.148 e. The van der Waals surface area contributed by atoms with Crippen LogP contribution < -0.4 is 10.2 Å². The lowest BCUT2D eigenvalue weighted by molar-refractivity contribution is 0.596. The third kappa shape index (κ3) is 6.02. The highest BCUT2D eigenvalue weighted by Crippen LogP contribution is 2.13. The summed E-state index contributed by atoms with van der Waals surface area (Å²) >= 11 is 0. The number of nitrogens with one attached hydrogen (secondary N) is 1. The molecule has 0 aliphatic rings. The fourth-order valence-corrected chi connectivity index (χ4v) is 2.14. The number of hydrogen-bond acceptors (Lipinski definition) is 4. The molecule has 1 aromatic carbocycles. The molecule has 0 radical (unpaired) electrons. The second-order valence-electron chi connectivity index (χ2n) is 4.64. The number of benzene rings is 1. The summed E-state index contributed by atoms with van der Waals surface area (Å²) in [6, 6.07) is 8.32. The first-order valence-corrected chi connectivity index (χ1v) is 8.11. The molecule has 0 aliphatic heterocycles. The van der Waals surface area contributed by atoms with Gasteiger partial charge in [0.25, 0.3) is 0 Å². The van der Waals surface area contributed by atoms with Crippen LogP contribution in [0.2, 0.25) is 0 Å². The SMILES string of the molecule is Cc1cccc(N(C)CCNCCS(C)(=O)=O)c1. The Morgan fingerprint density at radius 1 is 1.28 bits per heavy atom. The van der Waals surface area contributed by atoms with E-state index in [1.54, 1.807) is 0 Å². The molecule has 0 fully saturated rings. The van der Waals surface area contributed by atoms with Gasteiger partial charge in [-0.15, -0.1) is 0 Å². The summed E-state index contributed by atoms with van der Waals surface area (Å²) < 4.78 is 21.9. The van der Waals surface area contributed by atoms with E-state index in [1.807, 2.05) is 13.1 Å². The van der Waals surface area contributed by atoms with Crippen molar-refractivity contribution in [3.8, 4) is 0 Å². The summed E-state index contributed by atoms with van der Waals surface area (Å²) in [5.74, 6) is 0.196. The molecule has 0 bridgehead atoms. The van der Waals surface area contributed by atoms with Gasteiger partial charge in [-0.2, -0.15) is 0 Å². The van der Waals surface area contributed by atoms with Crippen molar-refractivity contribution in [3.63, 3.8) is 0 Å². The summed E-state index contributed by atoms with van der Waals surface area (Å²) in [4.78, 5) is 2.15. The number of sulfone groups is 1. The van der Waals surface area contributed by atoms with Crippen LogP contribution in [0.5, 0.6) is 0 Å². The molecule has 0 atom stereocenters. The van der Waals surface area contributed by atoms with Gasteiger partial charge in [-0.25, -0.2) is 8.42 Å². The Kier molecular flexibility index (Phi) is 5.62. The molecule has 0 saturated carbocycles. The highest BCUT2D eigenvalue weighted by Gasteiger charge is 2.02. The third-order valence-corrected chi connectivity index (χ3v) is 3.66. The lowest BCUT2D eigenvalue weighted by atomic mass is 10.2. The number of hydrogen-bond donors (Lipinski definition) is 1. The van der Waals surface area contributed by atoms with Crippen molar-refractivity contribution in [2.75, 3.05) is 43.6 Å². The quantitative estimate of drug-likeness (QED) is 0.753. The number of anilines is 1. The molecule has 0 unspecified atom stereocenters. The van der Waals surface area contributed by atoms with E-state index < -0.39 is 9.84 Å². The summed E-state index contributed by atoms with van der Waals surface area (Å²) in [6.45, 7) is 4.22. The van der Waals surface area contributed by atoms with Crippen molar-refractivity contribution >= 4 is 15.5 Å². The average Bonchev–Trinajstić information content (AvgIpc) is 2.26. The Hall–Kier alpha value is -1.07. The van der Waals surface area contributed by atoms with Gasteiger partial charge in [0.2, 0.25) is 0 Å². The summed E-state index contributed by atoms with van der Waals surface area (Å²) in [6.07, 6.45) is 1.26. The van der Waals surface area contributed by atoms with Crippen LogP contribution in [0, 0.1) is 6.92 Å². The van der Waals surface area contributed by atoms with Gasteiger partial charge in [0, 0.05) is 38.6 Å². The molecule has 1 rings (SSSR count). The molecule has 0 saturated heterocycles. The highest BCUT2D eigenvalue weighted by atomic mass is 32.2. The molecule has 1 aromatic rings. The van der Waals surface area contributed by atoms with Crippen LogP contribution >= 0.6 is 0 Å². The second-order valence-corrected chi connectivity index (χ2v) is 6.90. The standard InChI is InChI=1S/C13H22N2O2S/c1-12-5-4-6-13(11-12)15(2)9-7-14-8-10-18(3,16)17/h4-6,11,14H,7-10H2,1-3H3. The third-order valence-electron chi connectivity index (χ3n) is 2.72. The molecular weight excluding hydrogens is 248 g/mol. The van der Waals surface area contributed by atoms with E-state index in [4.69, 9.17) is 0 Å². The van der Waals surface area contributed by atoms with Crippen molar-refractivity contribution in [1.29, 1.82) is 0 Å². The summed E-state index contributed by atoms with van der Waals surface area (Å²) in [5, 5.41) is 3.14. The predicted molar refractivity (Wildman–Crippen MR) is 77.0 cm³/mol. The monoisotopic (exact) mass is 270 g/mol. The molecule has 0 amide bonds. The van der Waals surface area contributed by atoms with Gasteiger partial charge in [0.15, 0.2) is 0 Å². The molecule has 0 aliphatic carbocycles. The minimum absolute atomic E-state index is 0.196. The zero-order valence-corrected chi connectivity index (χ0v) is 12.1. The largest absolute Gasteiger partial charge is 0.373 e. The summed E-state index contributed by atoms with van der Waals surface area (Å²) in [7, 11) is -0.824. The zero-order chi connectivity index (χ0) is 13.6. The van der Waals surface area contributed by atoms with Crippen LogP contribution in [-0.4, -0.2) is 47.1 Å². The van der Waals surface area contributed by atoms with E-state index in [0.29, 0.717) is 6.54 Å². The lowest BCUT2D eigenvalue weighted by Gasteiger charge is -2.19. The Labute approximate surface area is 110 Å². The Morgan fingerprint density at radius 2 is 2.00 bits per heavy atom. The van der Waals surface area contributed by atoms with Gasteiger partial charge < -0.3 is 10.2 Å². The fraction of sp³-hybridized carbons (Fsp3) is 0.538. The maximum Gasteiger partial charge on any atom is 0.148 e. The highest BCUT2D eigenvalue weighted by molar-refractivity contribution is 7.90. The van der Waals surface area contributed by atoms with Crippen molar-refractivity contribution < 1.29 is 8.42 Å². The van der Waals surface area contributed by atoms with Crippen LogP contribution in [0.15, 0.2) is 24.3 Å². The number of likely N-dealkylation sites (N-methyl/N-ethyl adjacent to an activating group) is 1. The van der Waals surface area contributed by atoms with Crippen LogP contribution in [0.1, 0.15) is 5.56 Å². The first-order chi connectivity index (χ1) is 8.38. The van der Waals surface area contributed by atoms with E-state index in [-0.39, 0.29) is 5.75 Å². The summed E-state index contributed by atoms with van der Waals surface area (Å²) in [5.41, 5.74) is 2.42. The first-order valence-electron chi connectivity index (χ1n) is 6.05. The Balaban J connectivity index is 2.27. The maximum absolute atomic E-state index is 10.9. The topological polar surface area (TPSA) is 49.4 Å². The van der Waals surface area contributed by atoms with Gasteiger partial charge in [0.05, 0.1) is 5.75 Å². The van der Waals surface area contributed by atoms with Gasteiger partial charge >= 0.3 is 0 Å². The normalized spacial score (nSPS) is 11.5. The minimum Gasteiger partial charge on any atom is -0.373 e. The first kappa shape index (κ1) is 15.0. The fourth-order valence-electron chi connectivity index (χ4n) is 1.62. The average molecular weight is 270 g/mol.